The quantitative estimate of drug-likeness (QED) is 0.727. The number of benzene rings is 1. The highest BCUT2D eigenvalue weighted by Gasteiger charge is 2.17. The summed E-state index contributed by atoms with van der Waals surface area (Å²) in [5.74, 6) is -1.09. The lowest BCUT2D eigenvalue weighted by atomic mass is 10.2. The minimum absolute atomic E-state index is 0.0376. The lowest BCUT2D eigenvalue weighted by Crippen LogP contribution is -2.36. The van der Waals surface area contributed by atoms with E-state index in [1.54, 1.807) is 0 Å². The van der Waals surface area contributed by atoms with Crippen molar-refractivity contribution >= 4 is 17.8 Å². The molecular formula is C15H20N2O4. The Hall–Kier alpha value is -2.37. The smallest absolute Gasteiger partial charge is 0.308 e. The van der Waals surface area contributed by atoms with E-state index in [0.717, 1.165) is 5.56 Å². The van der Waals surface area contributed by atoms with Crippen molar-refractivity contribution in [3.05, 3.63) is 35.9 Å². The molecule has 1 aromatic rings. The predicted octanol–water partition coefficient (Wildman–Crippen LogP) is 0.761. The molecule has 1 rings (SSSR count). The van der Waals surface area contributed by atoms with Crippen molar-refractivity contribution in [2.75, 3.05) is 6.54 Å². The van der Waals surface area contributed by atoms with Gasteiger partial charge >= 0.3 is 5.97 Å². The summed E-state index contributed by atoms with van der Waals surface area (Å²) in [7, 11) is 0. The van der Waals surface area contributed by atoms with Gasteiger partial charge in [-0.3, -0.25) is 14.4 Å². The Kier molecular flexibility index (Phi) is 6.94. The summed E-state index contributed by atoms with van der Waals surface area (Å²) in [6, 6.07) is 9.44. The van der Waals surface area contributed by atoms with Gasteiger partial charge in [-0.1, -0.05) is 30.3 Å². The van der Waals surface area contributed by atoms with Crippen molar-refractivity contribution < 1.29 is 19.1 Å². The Morgan fingerprint density at radius 1 is 1.14 bits per heavy atom. The molecule has 0 radical (unpaired) electrons. The molecule has 21 heavy (non-hydrogen) atoms. The summed E-state index contributed by atoms with van der Waals surface area (Å²) in [5, 5.41) is 5.18. The van der Waals surface area contributed by atoms with Gasteiger partial charge in [-0.25, -0.2) is 0 Å². The van der Waals surface area contributed by atoms with Gasteiger partial charge in [0.2, 0.25) is 5.91 Å². The first-order valence-electron chi connectivity index (χ1n) is 6.74. The Balaban J connectivity index is 2.27. The van der Waals surface area contributed by atoms with Gasteiger partial charge in [-0.05, 0) is 12.5 Å². The number of amides is 2. The number of hydrogen-bond acceptors (Lipinski definition) is 4. The zero-order chi connectivity index (χ0) is 15.7. The largest absolute Gasteiger partial charge is 0.452 e. The van der Waals surface area contributed by atoms with E-state index in [1.165, 1.54) is 13.8 Å². The van der Waals surface area contributed by atoms with E-state index >= 15 is 0 Å². The molecule has 6 heteroatoms. The maximum atomic E-state index is 11.8. The molecule has 0 saturated heterocycles. The van der Waals surface area contributed by atoms with Crippen LogP contribution in [0.5, 0.6) is 0 Å². The number of esters is 1. The molecule has 0 unspecified atom stereocenters. The molecule has 2 N–H and O–H groups in total. The molecule has 2 amide bonds. The van der Waals surface area contributed by atoms with Crippen LogP contribution < -0.4 is 10.6 Å². The third kappa shape index (κ3) is 7.10. The van der Waals surface area contributed by atoms with E-state index in [9.17, 15) is 14.4 Å². The zero-order valence-electron chi connectivity index (χ0n) is 12.2. The summed E-state index contributed by atoms with van der Waals surface area (Å²) < 4.78 is 4.98. The van der Waals surface area contributed by atoms with Crippen molar-refractivity contribution in [1.29, 1.82) is 0 Å². The molecule has 1 atom stereocenters. The average Bonchev–Trinajstić information content (AvgIpc) is 2.45. The molecule has 0 spiro atoms. The van der Waals surface area contributed by atoms with Crippen LogP contribution in [0.15, 0.2) is 30.3 Å². The summed E-state index contributed by atoms with van der Waals surface area (Å²) in [6.45, 7) is 3.46. The maximum absolute atomic E-state index is 11.8. The number of carbonyl (C=O) groups is 3. The molecule has 1 aromatic carbocycles. The molecule has 0 aliphatic heterocycles. The summed E-state index contributed by atoms with van der Waals surface area (Å²) >= 11 is 0. The van der Waals surface area contributed by atoms with Gasteiger partial charge in [0.1, 0.15) is 0 Å². The Labute approximate surface area is 123 Å². The van der Waals surface area contributed by atoms with Crippen LogP contribution in [0.25, 0.3) is 0 Å². The number of nitrogens with one attached hydrogen (secondary N) is 2. The second-order valence-electron chi connectivity index (χ2n) is 4.57. The third-order valence-corrected chi connectivity index (χ3v) is 2.69. The Bertz CT molecular complexity index is 488. The van der Waals surface area contributed by atoms with Crippen molar-refractivity contribution in [1.82, 2.24) is 10.6 Å². The van der Waals surface area contributed by atoms with E-state index in [1.807, 2.05) is 30.3 Å². The van der Waals surface area contributed by atoms with Crippen LogP contribution in [0.1, 0.15) is 25.8 Å². The number of carbonyl (C=O) groups excluding carboxylic acids is 3. The van der Waals surface area contributed by atoms with E-state index < -0.39 is 12.1 Å². The maximum Gasteiger partial charge on any atom is 0.308 e. The fraction of sp³-hybridized carbons (Fsp3) is 0.400. The molecule has 0 aromatic heterocycles. The number of hydrogen-bond donors (Lipinski definition) is 2. The lowest BCUT2D eigenvalue weighted by Gasteiger charge is -2.13. The van der Waals surface area contributed by atoms with Crippen LogP contribution in [0.3, 0.4) is 0 Å². The van der Waals surface area contributed by atoms with Crippen LogP contribution >= 0.6 is 0 Å². The summed E-state index contributed by atoms with van der Waals surface area (Å²) in [6.07, 6.45) is -0.825. The molecular weight excluding hydrogens is 272 g/mol. The molecule has 0 aliphatic carbocycles. The van der Waals surface area contributed by atoms with Crippen molar-refractivity contribution in [3.8, 4) is 0 Å². The van der Waals surface area contributed by atoms with Gasteiger partial charge in [0.15, 0.2) is 6.10 Å². The summed E-state index contributed by atoms with van der Waals surface area (Å²) in [4.78, 5) is 33.9. The zero-order valence-corrected chi connectivity index (χ0v) is 12.2. The highest BCUT2D eigenvalue weighted by molar-refractivity contribution is 5.83. The van der Waals surface area contributed by atoms with Crippen molar-refractivity contribution in [3.63, 3.8) is 0 Å². The highest BCUT2D eigenvalue weighted by Crippen LogP contribution is 1.99. The van der Waals surface area contributed by atoms with E-state index in [-0.39, 0.29) is 24.8 Å². The lowest BCUT2D eigenvalue weighted by molar-refractivity contribution is -0.154. The van der Waals surface area contributed by atoms with Crippen LogP contribution in [0.4, 0.5) is 0 Å². The molecule has 0 aliphatic rings. The fourth-order valence-electron chi connectivity index (χ4n) is 1.58. The van der Waals surface area contributed by atoms with Crippen LogP contribution in [0.2, 0.25) is 0 Å². The molecule has 0 fully saturated rings. The minimum atomic E-state index is -0.862. The molecule has 114 valence electrons. The second kappa shape index (κ2) is 8.73. The fourth-order valence-corrected chi connectivity index (χ4v) is 1.58. The van der Waals surface area contributed by atoms with Crippen LogP contribution in [-0.4, -0.2) is 30.4 Å². The topological polar surface area (TPSA) is 84.5 Å². The number of rotatable bonds is 7. The van der Waals surface area contributed by atoms with Crippen LogP contribution in [0, 0.1) is 0 Å². The van der Waals surface area contributed by atoms with Gasteiger partial charge in [-0.2, -0.15) is 0 Å². The molecule has 6 nitrogen and oxygen atoms in total. The average molecular weight is 292 g/mol. The highest BCUT2D eigenvalue weighted by atomic mass is 16.5. The first-order chi connectivity index (χ1) is 9.99. The van der Waals surface area contributed by atoms with E-state index in [2.05, 4.69) is 10.6 Å². The number of ether oxygens (including phenoxy) is 1. The van der Waals surface area contributed by atoms with Gasteiger partial charge < -0.3 is 15.4 Å². The van der Waals surface area contributed by atoms with Gasteiger partial charge in [0.05, 0.1) is 6.42 Å². The van der Waals surface area contributed by atoms with Gasteiger partial charge in [0.25, 0.3) is 5.91 Å². The summed E-state index contributed by atoms with van der Waals surface area (Å²) in [5.41, 5.74) is 0.968. The van der Waals surface area contributed by atoms with Crippen LogP contribution in [-0.2, 0) is 25.7 Å². The first kappa shape index (κ1) is 16.7. The second-order valence-corrected chi connectivity index (χ2v) is 4.57. The van der Waals surface area contributed by atoms with Gasteiger partial charge in [0, 0.05) is 20.0 Å². The first-order valence-corrected chi connectivity index (χ1v) is 6.74. The minimum Gasteiger partial charge on any atom is -0.452 e. The van der Waals surface area contributed by atoms with Gasteiger partial charge in [-0.15, -0.1) is 0 Å². The normalized spacial score (nSPS) is 11.3. The molecule has 0 saturated carbocycles. The molecule has 0 bridgehead atoms. The third-order valence-electron chi connectivity index (χ3n) is 2.69. The van der Waals surface area contributed by atoms with E-state index in [4.69, 9.17) is 4.74 Å². The molecule has 0 heterocycles. The SMILES string of the molecule is CC(=O)NCCC(=O)O[C@@H](C)C(=O)NCc1ccccc1. The predicted molar refractivity (Wildman–Crippen MR) is 77.1 cm³/mol. The van der Waals surface area contributed by atoms with Crippen molar-refractivity contribution in [2.24, 2.45) is 0 Å². The standard InChI is InChI=1S/C15H20N2O4/c1-11(21-14(19)8-9-16-12(2)18)15(20)17-10-13-6-4-3-5-7-13/h3-7,11H,8-10H2,1-2H3,(H,16,18)(H,17,20)/t11-/m0/s1. The van der Waals surface area contributed by atoms with Crippen molar-refractivity contribution in [2.45, 2.75) is 32.9 Å². The Morgan fingerprint density at radius 2 is 1.81 bits per heavy atom. The van der Waals surface area contributed by atoms with E-state index in [0.29, 0.717) is 6.54 Å². The monoisotopic (exact) mass is 292 g/mol. The Morgan fingerprint density at radius 3 is 2.43 bits per heavy atom.